The van der Waals surface area contributed by atoms with Crippen molar-refractivity contribution in [2.75, 3.05) is 0 Å². The lowest BCUT2D eigenvalue weighted by atomic mass is 10.1. The average Bonchev–Trinajstić information content (AvgIpc) is 2.68. The number of fused-ring (bicyclic) bond motifs is 1. The van der Waals surface area contributed by atoms with Crippen LogP contribution in [-0.2, 0) is 25.3 Å². The van der Waals surface area contributed by atoms with Gasteiger partial charge in [0.15, 0.2) is 0 Å². The molecule has 0 aromatic heterocycles. The van der Waals surface area contributed by atoms with Gasteiger partial charge in [0.25, 0.3) is 0 Å². The molecule has 0 amide bonds. The number of hydrogen-bond donors (Lipinski definition) is 1. The van der Waals surface area contributed by atoms with Gasteiger partial charge < -0.3 is 4.52 Å². The fraction of sp³-hybridized carbons (Fsp3) is 0.150. The maximum Gasteiger partial charge on any atom is 0.369 e. The van der Waals surface area contributed by atoms with Crippen LogP contribution in [0.1, 0.15) is 12.5 Å². The highest BCUT2D eigenvalue weighted by atomic mass is 35.7. The van der Waals surface area contributed by atoms with Crippen LogP contribution in [0.2, 0.25) is 5.02 Å². The van der Waals surface area contributed by atoms with E-state index in [0.29, 0.717) is 10.4 Å². The van der Waals surface area contributed by atoms with Crippen molar-refractivity contribution < 1.29 is 18.7 Å². The zero-order valence-corrected chi connectivity index (χ0v) is 17.4. The van der Waals surface area contributed by atoms with Gasteiger partial charge in [-0.2, -0.15) is 5.48 Å². The summed E-state index contributed by atoms with van der Waals surface area (Å²) in [5.74, 6) is -0.776. The molecule has 0 aliphatic rings. The molecule has 28 heavy (non-hydrogen) atoms. The molecular formula is C20H18Cl2NO4P. The van der Waals surface area contributed by atoms with Crippen molar-refractivity contribution in [2.24, 2.45) is 0 Å². The summed E-state index contributed by atoms with van der Waals surface area (Å²) < 4.78 is 18.0. The summed E-state index contributed by atoms with van der Waals surface area (Å²) in [7, 11) is 0. The SMILES string of the molecule is C[C@H](NOCc1ccc(Cl)cc1)C(=O)OP(=O)(Cl)c1cccc2ccccc12. The first kappa shape index (κ1) is 20.8. The first-order valence-corrected chi connectivity index (χ1v) is 11.4. The van der Waals surface area contributed by atoms with Gasteiger partial charge in [-0.1, -0.05) is 60.1 Å². The van der Waals surface area contributed by atoms with E-state index in [2.05, 4.69) is 5.48 Å². The molecule has 5 nitrogen and oxygen atoms in total. The van der Waals surface area contributed by atoms with Gasteiger partial charge in [0.2, 0.25) is 0 Å². The standard InChI is InChI=1S/C20H18Cl2NO4P/c1-14(23-26-13-15-9-11-17(21)12-10-15)20(24)27-28(22,25)19-8-4-6-16-5-2-3-7-18(16)19/h2-12,14,23H,13H2,1H3/t14-,28?/m0/s1. The Kier molecular flexibility index (Phi) is 6.76. The minimum Gasteiger partial charge on any atom is -0.396 e. The maximum absolute atomic E-state index is 12.9. The predicted molar refractivity (Wildman–Crippen MR) is 112 cm³/mol. The highest BCUT2D eigenvalue weighted by Gasteiger charge is 2.31. The van der Waals surface area contributed by atoms with Gasteiger partial charge in [0.05, 0.1) is 11.9 Å². The monoisotopic (exact) mass is 437 g/mol. The smallest absolute Gasteiger partial charge is 0.369 e. The summed E-state index contributed by atoms with van der Waals surface area (Å²) in [6, 6.07) is 18.7. The molecule has 1 N–H and O–H groups in total. The molecule has 3 aromatic rings. The number of carbonyl (C=O) groups is 1. The minimum absolute atomic E-state index is 0.219. The lowest BCUT2D eigenvalue weighted by molar-refractivity contribution is -0.140. The van der Waals surface area contributed by atoms with Gasteiger partial charge in [0, 0.05) is 5.02 Å². The summed E-state index contributed by atoms with van der Waals surface area (Å²) in [4.78, 5) is 17.6. The molecule has 1 unspecified atom stereocenters. The third-order valence-electron chi connectivity index (χ3n) is 4.03. The first-order chi connectivity index (χ1) is 13.4. The molecule has 3 rings (SSSR count). The van der Waals surface area contributed by atoms with E-state index in [4.69, 9.17) is 32.2 Å². The highest BCUT2D eigenvalue weighted by molar-refractivity contribution is 7.92. The third kappa shape index (κ3) is 5.13. The molecule has 0 saturated heterocycles. The second kappa shape index (κ2) is 9.08. The van der Waals surface area contributed by atoms with Gasteiger partial charge in [0.1, 0.15) is 6.04 Å². The van der Waals surface area contributed by atoms with Gasteiger partial charge in [-0.3, -0.25) is 9.40 Å². The Balaban J connectivity index is 1.62. The summed E-state index contributed by atoms with van der Waals surface area (Å²) in [6.07, 6.45) is 0. The summed E-state index contributed by atoms with van der Waals surface area (Å²) in [5.41, 5.74) is 3.44. The number of hydroxylamine groups is 1. The Labute approximate surface area is 172 Å². The lowest BCUT2D eigenvalue weighted by Gasteiger charge is -2.17. The Morgan fingerprint density at radius 3 is 2.50 bits per heavy atom. The second-order valence-corrected chi connectivity index (χ2v) is 9.54. The topological polar surface area (TPSA) is 64.6 Å². The Morgan fingerprint density at radius 1 is 1.07 bits per heavy atom. The van der Waals surface area contributed by atoms with Crippen LogP contribution in [0.25, 0.3) is 10.8 Å². The van der Waals surface area contributed by atoms with E-state index in [1.54, 1.807) is 48.5 Å². The van der Waals surface area contributed by atoms with Gasteiger partial charge >= 0.3 is 12.7 Å². The van der Waals surface area contributed by atoms with Gasteiger partial charge in [-0.05, 0) is 52.7 Å². The number of hydrogen-bond acceptors (Lipinski definition) is 5. The van der Waals surface area contributed by atoms with E-state index in [0.717, 1.165) is 10.9 Å². The second-order valence-electron chi connectivity index (χ2n) is 6.14. The molecule has 0 spiro atoms. The normalized spacial score (nSPS) is 14.4. The molecule has 0 radical (unpaired) electrons. The molecule has 0 fully saturated rings. The fourth-order valence-corrected chi connectivity index (χ4v) is 4.58. The Bertz CT molecular complexity index is 1020. The van der Waals surface area contributed by atoms with Crippen LogP contribution in [0.3, 0.4) is 0 Å². The van der Waals surface area contributed by atoms with Crippen LogP contribution in [0, 0.1) is 0 Å². The van der Waals surface area contributed by atoms with Crippen LogP contribution < -0.4 is 10.8 Å². The predicted octanol–water partition coefficient (Wildman–Crippen LogP) is 5.20. The van der Waals surface area contributed by atoms with E-state index in [1.165, 1.54) is 6.92 Å². The number of benzene rings is 3. The summed E-state index contributed by atoms with van der Waals surface area (Å²) in [6.45, 7) is -2.13. The fourth-order valence-electron chi connectivity index (χ4n) is 2.56. The molecule has 146 valence electrons. The molecule has 8 heteroatoms. The molecule has 2 atom stereocenters. The lowest BCUT2D eigenvalue weighted by Crippen LogP contribution is -2.35. The van der Waals surface area contributed by atoms with Crippen LogP contribution in [-0.4, -0.2) is 12.0 Å². The third-order valence-corrected chi connectivity index (χ3v) is 6.41. The van der Waals surface area contributed by atoms with Crippen molar-refractivity contribution in [3.8, 4) is 0 Å². The van der Waals surface area contributed by atoms with Crippen molar-refractivity contribution in [2.45, 2.75) is 19.6 Å². The Morgan fingerprint density at radius 2 is 1.75 bits per heavy atom. The zero-order valence-electron chi connectivity index (χ0n) is 15.0. The number of halogens is 2. The van der Waals surface area contributed by atoms with E-state index in [9.17, 15) is 9.36 Å². The van der Waals surface area contributed by atoms with E-state index in [-0.39, 0.29) is 11.9 Å². The molecule has 0 aliphatic heterocycles. The molecule has 0 heterocycles. The van der Waals surface area contributed by atoms with E-state index < -0.39 is 18.7 Å². The maximum atomic E-state index is 12.9. The van der Waals surface area contributed by atoms with E-state index >= 15 is 0 Å². The molecule has 3 aromatic carbocycles. The largest absolute Gasteiger partial charge is 0.396 e. The number of carbonyl (C=O) groups excluding carboxylic acids is 1. The van der Waals surface area contributed by atoms with Crippen LogP contribution in [0.15, 0.2) is 66.7 Å². The van der Waals surface area contributed by atoms with Crippen LogP contribution in [0.4, 0.5) is 0 Å². The Hall–Kier alpha value is -1.88. The van der Waals surface area contributed by atoms with Gasteiger partial charge in [-0.25, -0.2) is 4.79 Å². The van der Waals surface area contributed by atoms with Crippen molar-refractivity contribution in [1.29, 1.82) is 0 Å². The average molecular weight is 438 g/mol. The molecule has 0 bridgehead atoms. The molecular weight excluding hydrogens is 420 g/mol. The zero-order chi connectivity index (χ0) is 20.1. The molecule has 0 saturated carbocycles. The van der Waals surface area contributed by atoms with E-state index in [1.807, 2.05) is 18.2 Å². The summed E-state index contributed by atoms with van der Waals surface area (Å²) >= 11 is 12.0. The van der Waals surface area contributed by atoms with Crippen LogP contribution in [0.5, 0.6) is 0 Å². The molecule has 0 aliphatic carbocycles. The quantitative estimate of drug-likeness (QED) is 0.406. The minimum atomic E-state index is -3.88. The van der Waals surface area contributed by atoms with Crippen molar-refractivity contribution >= 4 is 51.6 Å². The number of nitrogens with one attached hydrogen (secondary N) is 1. The van der Waals surface area contributed by atoms with Crippen molar-refractivity contribution in [1.82, 2.24) is 5.48 Å². The summed E-state index contributed by atoms with van der Waals surface area (Å²) in [5, 5.41) is 2.44. The van der Waals surface area contributed by atoms with Crippen LogP contribution >= 0.6 is 29.6 Å². The number of rotatable bonds is 7. The highest BCUT2D eigenvalue weighted by Crippen LogP contribution is 2.52. The first-order valence-electron chi connectivity index (χ1n) is 8.50. The van der Waals surface area contributed by atoms with Gasteiger partial charge in [-0.15, -0.1) is 0 Å². The van der Waals surface area contributed by atoms with Crippen molar-refractivity contribution in [3.05, 3.63) is 77.3 Å². The van der Waals surface area contributed by atoms with Crippen molar-refractivity contribution in [3.63, 3.8) is 0 Å².